The lowest BCUT2D eigenvalue weighted by molar-refractivity contribution is -0.138. The molecule has 5 rings (SSSR count). The number of likely N-dealkylation sites (tertiary alicyclic amines) is 1. The summed E-state index contributed by atoms with van der Waals surface area (Å²) >= 11 is 0. The second-order valence-electron chi connectivity index (χ2n) is 10.0. The maximum Gasteiger partial charge on any atom is 0.411 e. The van der Waals surface area contributed by atoms with E-state index in [9.17, 15) is 19.2 Å². The van der Waals surface area contributed by atoms with Crippen molar-refractivity contribution in [2.75, 3.05) is 39.7 Å². The van der Waals surface area contributed by atoms with Gasteiger partial charge in [-0.1, -0.05) is 18.2 Å². The van der Waals surface area contributed by atoms with Gasteiger partial charge in [0.2, 0.25) is 11.8 Å². The Hall–Kier alpha value is -4.93. The van der Waals surface area contributed by atoms with Gasteiger partial charge in [0.15, 0.2) is 0 Å². The molecule has 3 aromatic rings. The zero-order chi connectivity index (χ0) is 29.1. The molecule has 1 unspecified atom stereocenters. The first kappa shape index (κ1) is 27.6. The number of nitrogens with zero attached hydrogens (tertiary/aromatic N) is 3. The number of pyridine rings is 1. The molecule has 2 aromatic heterocycles. The molecule has 1 atom stereocenters. The third kappa shape index (κ3) is 5.69. The highest BCUT2D eigenvalue weighted by atomic mass is 16.5. The minimum absolute atomic E-state index is 0.0110. The minimum Gasteiger partial charge on any atom is -0.500 e. The van der Waals surface area contributed by atoms with Crippen LogP contribution in [0.25, 0.3) is 22.2 Å². The zero-order valence-corrected chi connectivity index (χ0v) is 23.1. The Morgan fingerprint density at radius 1 is 1.15 bits per heavy atom. The molecule has 11 nitrogen and oxygen atoms in total. The van der Waals surface area contributed by atoms with Crippen LogP contribution in [0.4, 0.5) is 10.5 Å². The number of aromatic nitrogens is 2. The number of aromatic amines is 1. The highest BCUT2D eigenvalue weighted by Gasteiger charge is 2.29. The van der Waals surface area contributed by atoms with Gasteiger partial charge < -0.3 is 19.4 Å². The van der Waals surface area contributed by atoms with Crippen molar-refractivity contribution < 1.29 is 28.7 Å². The molecule has 4 amide bonds. The number of ether oxygens (including phenoxy) is 2. The molecule has 1 fully saturated rings. The number of hydrogen-bond donors (Lipinski definition) is 2. The third-order valence-corrected chi connectivity index (χ3v) is 7.22. The maximum atomic E-state index is 13.1. The van der Waals surface area contributed by atoms with Gasteiger partial charge in [-0.3, -0.25) is 24.6 Å². The van der Waals surface area contributed by atoms with Crippen LogP contribution in [-0.2, 0) is 19.1 Å². The van der Waals surface area contributed by atoms with Crippen LogP contribution in [-0.4, -0.2) is 77.9 Å². The molecule has 0 radical (unpaired) electrons. The number of methoxy groups -OCH3 is 1. The first-order valence-electron chi connectivity index (χ1n) is 13.3. The van der Waals surface area contributed by atoms with Gasteiger partial charge >= 0.3 is 6.09 Å². The molecule has 0 spiro atoms. The van der Waals surface area contributed by atoms with Crippen LogP contribution in [0.1, 0.15) is 41.1 Å². The smallest absolute Gasteiger partial charge is 0.411 e. The van der Waals surface area contributed by atoms with E-state index < -0.39 is 6.09 Å². The SMILES string of the molecule is COC1=CC=CCC1c1c[nH]c2ncc(-c3ccc(NC(=O)OCCN4C(=O)CCC4=O)c(C(=O)N(C)C)c3)cc12. The van der Waals surface area contributed by atoms with Crippen LogP contribution in [0.2, 0.25) is 0 Å². The Labute approximate surface area is 236 Å². The number of carbonyl (C=O) groups excluding carboxylic acids is 4. The normalized spacial score (nSPS) is 16.6. The summed E-state index contributed by atoms with van der Waals surface area (Å²) in [6, 6.07) is 7.17. The fourth-order valence-corrected chi connectivity index (χ4v) is 5.07. The van der Waals surface area contributed by atoms with Gasteiger partial charge in [0, 0.05) is 56.2 Å². The van der Waals surface area contributed by atoms with Gasteiger partial charge in [0.25, 0.3) is 5.91 Å². The number of rotatable bonds is 8. The first-order valence-corrected chi connectivity index (χ1v) is 13.3. The van der Waals surface area contributed by atoms with Crippen molar-refractivity contribution in [2.24, 2.45) is 0 Å². The van der Waals surface area contributed by atoms with E-state index in [2.05, 4.69) is 21.4 Å². The Bertz CT molecular complexity index is 1570. The molecule has 1 aliphatic heterocycles. The molecule has 11 heteroatoms. The molecule has 1 saturated heterocycles. The molecule has 212 valence electrons. The van der Waals surface area contributed by atoms with Crippen LogP contribution in [0, 0.1) is 0 Å². The predicted octanol–water partition coefficient (Wildman–Crippen LogP) is 4.20. The van der Waals surface area contributed by atoms with Crippen LogP contribution >= 0.6 is 0 Å². The summed E-state index contributed by atoms with van der Waals surface area (Å²) < 4.78 is 10.8. The highest BCUT2D eigenvalue weighted by Crippen LogP contribution is 2.37. The Morgan fingerprint density at radius 2 is 1.93 bits per heavy atom. The number of amides is 4. The Morgan fingerprint density at radius 3 is 2.66 bits per heavy atom. The third-order valence-electron chi connectivity index (χ3n) is 7.22. The summed E-state index contributed by atoms with van der Waals surface area (Å²) in [6.07, 6.45) is 10.1. The van der Waals surface area contributed by atoms with Crippen molar-refractivity contribution in [2.45, 2.75) is 25.2 Å². The van der Waals surface area contributed by atoms with E-state index >= 15 is 0 Å². The van der Waals surface area contributed by atoms with Crippen LogP contribution < -0.4 is 5.32 Å². The van der Waals surface area contributed by atoms with Gasteiger partial charge in [-0.05, 0) is 41.8 Å². The van der Waals surface area contributed by atoms with E-state index in [1.54, 1.807) is 45.6 Å². The number of anilines is 1. The molecule has 1 aromatic carbocycles. The van der Waals surface area contributed by atoms with Crippen molar-refractivity contribution in [3.05, 3.63) is 71.8 Å². The fourth-order valence-electron chi connectivity index (χ4n) is 5.07. The molecular weight excluding hydrogens is 526 g/mol. The summed E-state index contributed by atoms with van der Waals surface area (Å²) in [7, 11) is 4.92. The van der Waals surface area contributed by atoms with E-state index in [1.165, 1.54) is 4.90 Å². The number of hydrogen-bond acceptors (Lipinski definition) is 7. The second kappa shape index (κ2) is 11.7. The van der Waals surface area contributed by atoms with Gasteiger partial charge in [-0.2, -0.15) is 0 Å². The van der Waals surface area contributed by atoms with Gasteiger partial charge in [0.1, 0.15) is 18.0 Å². The minimum atomic E-state index is -0.798. The summed E-state index contributed by atoms with van der Waals surface area (Å²) in [6.45, 7) is -0.164. The molecule has 2 aliphatic rings. The van der Waals surface area contributed by atoms with Crippen LogP contribution in [0.15, 0.2) is 60.6 Å². The van der Waals surface area contributed by atoms with Gasteiger partial charge in [-0.15, -0.1) is 0 Å². The zero-order valence-electron chi connectivity index (χ0n) is 23.1. The molecule has 41 heavy (non-hydrogen) atoms. The molecule has 0 bridgehead atoms. The lowest BCUT2D eigenvalue weighted by Gasteiger charge is -2.20. The summed E-state index contributed by atoms with van der Waals surface area (Å²) in [5.74, 6) is 0.0633. The van der Waals surface area contributed by atoms with Crippen LogP contribution in [0.5, 0.6) is 0 Å². The van der Waals surface area contributed by atoms with E-state index in [4.69, 9.17) is 9.47 Å². The van der Waals surface area contributed by atoms with Crippen molar-refractivity contribution >= 4 is 40.5 Å². The van der Waals surface area contributed by atoms with Crippen molar-refractivity contribution in [3.63, 3.8) is 0 Å². The number of nitrogens with one attached hydrogen (secondary N) is 2. The number of benzene rings is 1. The van der Waals surface area contributed by atoms with E-state index in [-0.39, 0.29) is 60.9 Å². The van der Waals surface area contributed by atoms with Crippen molar-refractivity contribution in [3.8, 4) is 11.1 Å². The standard InChI is InChI=1S/C30H31N5O6/c1-34(2)29(38)22-14-18(8-9-24(22)33-30(39)41-13-12-35-26(36)10-11-27(35)37)19-15-21-23(17-32-28(21)31-16-19)20-6-4-5-7-25(20)40-3/h4-5,7-9,14-17,20H,6,10-13H2,1-3H3,(H,31,32)(H,33,39). The quantitative estimate of drug-likeness (QED) is 0.397. The van der Waals surface area contributed by atoms with E-state index in [0.717, 1.165) is 44.8 Å². The highest BCUT2D eigenvalue weighted by molar-refractivity contribution is 6.04. The average Bonchev–Trinajstić information content (AvgIpc) is 3.54. The maximum absolute atomic E-state index is 13.1. The monoisotopic (exact) mass is 557 g/mol. The second-order valence-corrected chi connectivity index (χ2v) is 10.0. The molecule has 3 heterocycles. The van der Waals surface area contributed by atoms with Crippen LogP contribution in [0.3, 0.4) is 0 Å². The number of fused-ring (bicyclic) bond motifs is 1. The van der Waals surface area contributed by atoms with Crippen molar-refractivity contribution in [1.82, 2.24) is 19.8 Å². The summed E-state index contributed by atoms with van der Waals surface area (Å²) in [5, 5.41) is 3.57. The number of carbonyl (C=O) groups is 4. The lowest BCUT2D eigenvalue weighted by Crippen LogP contribution is -2.33. The van der Waals surface area contributed by atoms with Gasteiger partial charge in [-0.25, -0.2) is 9.78 Å². The molecular formula is C30H31N5O6. The predicted molar refractivity (Wildman–Crippen MR) is 152 cm³/mol. The van der Waals surface area contributed by atoms with E-state index in [0.29, 0.717) is 0 Å². The van der Waals surface area contributed by atoms with Gasteiger partial charge in [0.05, 0.1) is 24.9 Å². The summed E-state index contributed by atoms with van der Waals surface area (Å²) in [4.78, 5) is 59.5. The average molecular weight is 558 g/mol. The Balaban J connectivity index is 1.38. The fraction of sp³-hybridized carbons (Fsp3) is 0.300. The van der Waals surface area contributed by atoms with E-state index in [1.807, 2.05) is 24.4 Å². The molecule has 0 saturated carbocycles. The largest absolute Gasteiger partial charge is 0.500 e. The summed E-state index contributed by atoms with van der Waals surface area (Å²) in [5.41, 5.74) is 3.89. The molecule has 1 aliphatic carbocycles. The topological polar surface area (TPSA) is 134 Å². The van der Waals surface area contributed by atoms with Crippen molar-refractivity contribution in [1.29, 1.82) is 0 Å². The molecule has 2 N–H and O–H groups in total. The lowest BCUT2D eigenvalue weighted by atomic mass is 9.90. The number of H-pyrrole nitrogens is 1. The first-order chi connectivity index (χ1) is 19.8. The Kier molecular flexibility index (Phi) is 7.86. The number of imide groups is 1. The number of allylic oxidation sites excluding steroid dienone is 4.